The largest absolute Gasteiger partial charge is 0.573 e. The van der Waals surface area contributed by atoms with Crippen LogP contribution in [0.5, 0.6) is 5.75 Å². The van der Waals surface area contributed by atoms with E-state index in [0.717, 1.165) is 6.07 Å². The Hall–Kier alpha value is -0.950. The number of anilines is 1. The summed E-state index contributed by atoms with van der Waals surface area (Å²) in [6.45, 7) is 1.64. The molecule has 1 aromatic carbocycles. The van der Waals surface area contributed by atoms with Gasteiger partial charge < -0.3 is 10.1 Å². The average Bonchev–Trinajstić information content (AvgIpc) is 2.30. The third-order valence-corrected chi connectivity index (χ3v) is 3.19. The Labute approximate surface area is 121 Å². The van der Waals surface area contributed by atoms with Crippen LogP contribution in [-0.4, -0.2) is 18.1 Å². The Morgan fingerprint density at radius 2 is 2.16 bits per heavy atom. The molecular formula is C11H10BrClF3NO2. The molecule has 0 radical (unpaired) electrons. The molecule has 0 spiro atoms. The molecule has 3 nitrogen and oxygen atoms in total. The molecule has 1 amide bonds. The van der Waals surface area contributed by atoms with Gasteiger partial charge in [0.1, 0.15) is 5.75 Å². The van der Waals surface area contributed by atoms with E-state index in [-0.39, 0.29) is 22.0 Å². The van der Waals surface area contributed by atoms with E-state index in [1.807, 2.05) is 0 Å². The number of carbonyl (C=O) groups is 1. The molecule has 0 aliphatic rings. The number of halogens is 5. The minimum absolute atomic E-state index is 0.0844. The molecule has 106 valence electrons. The molecule has 0 saturated carbocycles. The number of nitrogens with one attached hydrogen (secondary N) is 1. The number of benzene rings is 1. The van der Waals surface area contributed by atoms with Gasteiger partial charge in [0, 0.05) is 17.5 Å². The first kappa shape index (κ1) is 16.1. The summed E-state index contributed by atoms with van der Waals surface area (Å²) in [5.74, 6) is -0.934. The van der Waals surface area contributed by atoms with E-state index in [4.69, 9.17) is 11.6 Å². The van der Waals surface area contributed by atoms with E-state index in [1.54, 1.807) is 6.92 Å². The lowest BCUT2D eigenvalue weighted by atomic mass is 10.2. The van der Waals surface area contributed by atoms with E-state index >= 15 is 0 Å². The second kappa shape index (κ2) is 6.47. The van der Waals surface area contributed by atoms with Crippen LogP contribution in [0.25, 0.3) is 0 Å². The highest BCUT2D eigenvalue weighted by molar-refractivity contribution is 9.10. The van der Waals surface area contributed by atoms with E-state index in [2.05, 4.69) is 26.0 Å². The molecule has 0 aliphatic carbocycles. The summed E-state index contributed by atoms with van der Waals surface area (Å²) < 4.78 is 40.0. The molecule has 1 atom stereocenters. The fraction of sp³-hybridized carbons (Fsp3) is 0.364. The Balaban J connectivity index is 2.80. The number of rotatable bonds is 4. The van der Waals surface area contributed by atoms with Gasteiger partial charge in [-0.25, -0.2) is 0 Å². The van der Waals surface area contributed by atoms with Gasteiger partial charge in [-0.1, -0.05) is 6.92 Å². The Bertz CT molecular complexity index is 468. The van der Waals surface area contributed by atoms with E-state index in [0.29, 0.717) is 5.69 Å². The maximum absolute atomic E-state index is 12.1. The molecule has 0 aromatic heterocycles. The maximum atomic E-state index is 12.1. The Morgan fingerprint density at radius 3 is 2.63 bits per heavy atom. The highest BCUT2D eigenvalue weighted by atomic mass is 79.9. The fourth-order valence-electron chi connectivity index (χ4n) is 1.12. The molecule has 0 bridgehead atoms. The van der Waals surface area contributed by atoms with E-state index in [1.165, 1.54) is 12.1 Å². The van der Waals surface area contributed by atoms with Crippen molar-refractivity contribution in [3.8, 4) is 5.75 Å². The second-order valence-electron chi connectivity index (χ2n) is 3.74. The van der Waals surface area contributed by atoms with Gasteiger partial charge in [-0.2, -0.15) is 0 Å². The van der Waals surface area contributed by atoms with Crippen molar-refractivity contribution < 1.29 is 22.7 Å². The van der Waals surface area contributed by atoms with Crippen molar-refractivity contribution in [3.63, 3.8) is 0 Å². The lowest BCUT2D eigenvalue weighted by molar-refractivity contribution is -0.274. The van der Waals surface area contributed by atoms with Crippen LogP contribution in [0.3, 0.4) is 0 Å². The Kier molecular flexibility index (Phi) is 5.49. The molecule has 8 heteroatoms. The predicted octanol–water partition coefficient (Wildman–Crippen LogP) is 4.16. The molecule has 1 unspecified atom stereocenters. The average molecular weight is 361 g/mol. The zero-order chi connectivity index (χ0) is 14.6. The standard InChI is InChI=1S/C11H10BrClF3NO2/c1-6(5-13)10(18)17-7-2-3-9(8(12)4-7)19-11(14,15)16/h2-4,6H,5H2,1H3,(H,17,18). The maximum Gasteiger partial charge on any atom is 0.573 e. The highest BCUT2D eigenvalue weighted by Crippen LogP contribution is 2.32. The summed E-state index contributed by atoms with van der Waals surface area (Å²) in [7, 11) is 0. The lowest BCUT2D eigenvalue weighted by Crippen LogP contribution is -2.21. The predicted molar refractivity (Wildman–Crippen MR) is 69.3 cm³/mol. The number of hydrogen-bond donors (Lipinski definition) is 1. The van der Waals surface area contributed by atoms with Crippen LogP contribution in [0.1, 0.15) is 6.92 Å². The van der Waals surface area contributed by atoms with Crippen LogP contribution in [0.2, 0.25) is 0 Å². The van der Waals surface area contributed by atoms with Gasteiger partial charge in [-0.05, 0) is 34.1 Å². The molecular weight excluding hydrogens is 350 g/mol. The summed E-state index contributed by atoms with van der Waals surface area (Å²) in [6, 6.07) is 3.74. The number of carbonyl (C=O) groups excluding carboxylic acids is 1. The van der Waals surface area contributed by atoms with E-state index in [9.17, 15) is 18.0 Å². The molecule has 0 aliphatic heterocycles. The van der Waals surface area contributed by atoms with E-state index < -0.39 is 12.3 Å². The number of ether oxygens (including phenoxy) is 1. The van der Waals surface area contributed by atoms with Crippen LogP contribution in [0.15, 0.2) is 22.7 Å². The first-order valence-corrected chi connectivity index (χ1v) is 6.48. The summed E-state index contributed by atoms with van der Waals surface area (Å²) in [6.07, 6.45) is -4.76. The van der Waals surface area contributed by atoms with Crippen molar-refractivity contribution >= 4 is 39.1 Å². The molecule has 0 saturated heterocycles. The zero-order valence-corrected chi connectivity index (χ0v) is 12.1. The smallest absolute Gasteiger partial charge is 0.405 e. The highest BCUT2D eigenvalue weighted by Gasteiger charge is 2.32. The van der Waals surface area contributed by atoms with Crippen molar-refractivity contribution in [1.82, 2.24) is 0 Å². The lowest BCUT2D eigenvalue weighted by Gasteiger charge is -2.13. The third kappa shape index (κ3) is 5.28. The normalized spacial score (nSPS) is 12.9. The SMILES string of the molecule is CC(CCl)C(=O)Nc1ccc(OC(F)(F)F)c(Br)c1. The zero-order valence-electron chi connectivity index (χ0n) is 9.72. The van der Waals surface area contributed by atoms with Gasteiger partial charge in [0.2, 0.25) is 5.91 Å². The van der Waals surface area contributed by atoms with Gasteiger partial charge in [0.15, 0.2) is 0 Å². The topological polar surface area (TPSA) is 38.3 Å². The third-order valence-electron chi connectivity index (χ3n) is 2.10. The van der Waals surface area contributed by atoms with Gasteiger partial charge >= 0.3 is 6.36 Å². The van der Waals surface area contributed by atoms with Crippen LogP contribution in [0.4, 0.5) is 18.9 Å². The van der Waals surface area contributed by atoms with Gasteiger partial charge in [0.05, 0.1) is 4.47 Å². The summed E-state index contributed by atoms with van der Waals surface area (Å²) >= 11 is 8.47. The summed E-state index contributed by atoms with van der Waals surface area (Å²) in [5, 5.41) is 2.53. The van der Waals surface area contributed by atoms with Crippen LogP contribution in [-0.2, 0) is 4.79 Å². The van der Waals surface area contributed by atoms with Crippen LogP contribution >= 0.6 is 27.5 Å². The van der Waals surface area contributed by atoms with Gasteiger partial charge in [-0.3, -0.25) is 4.79 Å². The quantitative estimate of drug-likeness (QED) is 0.819. The molecule has 1 N–H and O–H groups in total. The van der Waals surface area contributed by atoms with Crippen molar-refractivity contribution in [2.24, 2.45) is 5.92 Å². The van der Waals surface area contributed by atoms with Crippen molar-refractivity contribution in [2.45, 2.75) is 13.3 Å². The van der Waals surface area contributed by atoms with Crippen molar-refractivity contribution in [3.05, 3.63) is 22.7 Å². The number of alkyl halides is 4. The monoisotopic (exact) mass is 359 g/mol. The minimum Gasteiger partial charge on any atom is -0.405 e. The van der Waals surface area contributed by atoms with Crippen molar-refractivity contribution in [1.29, 1.82) is 0 Å². The van der Waals surface area contributed by atoms with Gasteiger partial charge in [0.25, 0.3) is 0 Å². The summed E-state index contributed by atoms with van der Waals surface area (Å²) in [4.78, 5) is 11.5. The van der Waals surface area contributed by atoms with Crippen molar-refractivity contribution in [2.75, 3.05) is 11.2 Å². The number of amides is 1. The molecule has 1 aromatic rings. The molecule has 1 rings (SSSR count). The minimum atomic E-state index is -4.76. The summed E-state index contributed by atoms with van der Waals surface area (Å²) in [5.41, 5.74) is 0.350. The first-order chi connectivity index (χ1) is 8.73. The molecule has 19 heavy (non-hydrogen) atoms. The first-order valence-electron chi connectivity index (χ1n) is 5.15. The molecule has 0 fully saturated rings. The second-order valence-corrected chi connectivity index (χ2v) is 4.90. The van der Waals surface area contributed by atoms with Crippen LogP contribution in [0, 0.1) is 5.92 Å². The van der Waals surface area contributed by atoms with Gasteiger partial charge in [-0.15, -0.1) is 24.8 Å². The van der Waals surface area contributed by atoms with Crippen LogP contribution < -0.4 is 10.1 Å². The fourth-order valence-corrected chi connectivity index (χ4v) is 1.72. The molecule has 0 heterocycles. The Morgan fingerprint density at radius 1 is 1.53 bits per heavy atom. The number of hydrogen-bond acceptors (Lipinski definition) is 2.